The zero-order valence-corrected chi connectivity index (χ0v) is 18.6. The molecule has 0 saturated carbocycles. The molecule has 0 fully saturated rings. The highest BCUT2D eigenvalue weighted by molar-refractivity contribution is 6.58. The van der Waals surface area contributed by atoms with Gasteiger partial charge in [0, 0.05) is 11.3 Å². The van der Waals surface area contributed by atoms with Gasteiger partial charge in [0.15, 0.2) is 0 Å². The molecular formula is C25H27BN2O5. The molecule has 0 aromatic heterocycles. The van der Waals surface area contributed by atoms with E-state index in [9.17, 15) is 9.59 Å². The summed E-state index contributed by atoms with van der Waals surface area (Å²) in [6.07, 6.45) is 0. The highest BCUT2D eigenvalue weighted by atomic mass is 16.6. The van der Waals surface area contributed by atoms with E-state index in [1.54, 1.807) is 48.5 Å². The summed E-state index contributed by atoms with van der Waals surface area (Å²) in [5.74, 6) is -0.673. The average molecular weight is 446 g/mol. The van der Waals surface area contributed by atoms with Gasteiger partial charge in [-0.3, -0.25) is 14.4 Å². The highest BCUT2D eigenvalue weighted by Crippen LogP contribution is 2.26. The van der Waals surface area contributed by atoms with Gasteiger partial charge < -0.3 is 15.4 Å². The topological polar surface area (TPSA) is 108 Å². The van der Waals surface area contributed by atoms with E-state index in [0.29, 0.717) is 16.7 Å². The quantitative estimate of drug-likeness (QED) is 0.299. The van der Waals surface area contributed by atoms with Crippen molar-refractivity contribution in [1.29, 1.82) is 0 Å². The van der Waals surface area contributed by atoms with Gasteiger partial charge in [-0.1, -0.05) is 68.4 Å². The molecule has 0 heterocycles. The molecule has 0 aliphatic heterocycles. The van der Waals surface area contributed by atoms with Crippen LogP contribution in [0.25, 0.3) is 0 Å². The Morgan fingerprint density at radius 3 is 2.12 bits per heavy atom. The minimum absolute atomic E-state index is 0.100. The van der Waals surface area contributed by atoms with Crippen LogP contribution < -0.4 is 16.3 Å². The Kier molecular flexibility index (Phi) is 8.37. The molecule has 3 aromatic carbocycles. The Morgan fingerprint density at radius 2 is 1.55 bits per heavy atom. The zero-order chi connectivity index (χ0) is 23.8. The van der Waals surface area contributed by atoms with Crippen LogP contribution in [0.5, 0.6) is 0 Å². The summed E-state index contributed by atoms with van der Waals surface area (Å²) in [7, 11) is -1.53. The molecule has 0 saturated heterocycles. The van der Waals surface area contributed by atoms with Crippen molar-refractivity contribution >= 4 is 30.1 Å². The van der Waals surface area contributed by atoms with Crippen molar-refractivity contribution in [3.8, 4) is 0 Å². The zero-order valence-electron chi connectivity index (χ0n) is 18.6. The van der Waals surface area contributed by atoms with Crippen molar-refractivity contribution in [2.24, 2.45) is 5.92 Å². The lowest BCUT2D eigenvalue weighted by molar-refractivity contribution is -0.118. The number of hydrogen-bond donors (Lipinski definition) is 4. The third-order valence-electron chi connectivity index (χ3n) is 5.20. The van der Waals surface area contributed by atoms with Crippen molar-refractivity contribution in [2.75, 3.05) is 5.32 Å². The number of anilines is 1. The molecule has 3 aromatic rings. The van der Waals surface area contributed by atoms with Gasteiger partial charge in [-0.25, -0.2) is 5.48 Å². The molecule has 0 aliphatic carbocycles. The summed E-state index contributed by atoms with van der Waals surface area (Å²) >= 11 is 0. The van der Waals surface area contributed by atoms with Gasteiger partial charge in [-0.15, -0.1) is 0 Å². The van der Waals surface area contributed by atoms with Crippen molar-refractivity contribution in [1.82, 2.24) is 5.48 Å². The summed E-state index contributed by atoms with van der Waals surface area (Å²) in [5.41, 5.74) is 5.45. The van der Waals surface area contributed by atoms with Crippen molar-refractivity contribution in [2.45, 2.75) is 26.4 Å². The molecule has 33 heavy (non-hydrogen) atoms. The smallest absolute Gasteiger partial charge is 0.423 e. The molecule has 0 spiro atoms. The van der Waals surface area contributed by atoms with Gasteiger partial charge in [0.2, 0.25) is 5.91 Å². The van der Waals surface area contributed by atoms with E-state index < -0.39 is 13.0 Å². The van der Waals surface area contributed by atoms with Crippen molar-refractivity contribution in [3.05, 3.63) is 95.6 Å². The number of benzene rings is 3. The van der Waals surface area contributed by atoms with Crippen LogP contribution in [0.4, 0.5) is 5.69 Å². The van der Waals surface area contributed by atoms with Crippen LogP contribution in [-0.2, 0) is 16.2 Å². The predicted molar refractivity (Wildman–Crippen MR) is 128 cm³/mol. The Hall–Kier alpha value is -3.46. The van der Waals surface area contributed by atoms with Crippen LogP contribution in [0.3, 0.4) is 0 Å². The normalized spacial score (nSPS) is 11.7. The maximum atomic E-state index is 12.9. The lowest BCUT2D eigenvalue weighted by Crippen LogP contribution is -2.29. The number of nitrogens with one attached hydrogen (secondary N) is 2. The maximum absolute atomic E-state index is 12.9. The van der Waals surface area contributed by atoms with Gasteiger partial charge >= 0.3 is 7.12 Å². The van der Waals surface area contributed by atoms with Gasteiger partial charge in [0.05, 0.1) is 12.5 Å². The minimum Gasteiger partial charge on any atom is -0.423 e. The highest BCUT2D eigenvalue weighted by Gasteiger charge is 2.24. The van der Waals surface area contributed by atoms with Crippen LogP contribution in [0.1, 0.15) is 41.3 Å². The van der Waals surface area contributed by atoms with Crippen LogP contribution in [0, 0.1) is 5.92 Å². The Labute approximate surface area is 193 Å². The summed E-state index contributed by atoms with van der Waals surface area (Å²) in [4.78, 5) is 30.4. The predicted octanol–water partition coefficient (Wildman–Crippen LogP) is 2.61. The Morgan fingerprint density at radius 1 is 0.909 bits per heavy atom. The molecule has 0 radical (unpaired) electrons. The molecule has 1 atom stereocenters. The number of carbonyl (C=O) groups excluding carboxylic acids is 2. The molecule has 2 amide bonds. The number of rotatable bonds is 9. The summed E-state index contributed by atoms with van der Waals surface area (Å²) in [6.45, 7) is 4.14. The van der Waals surface area contributed by atoms with Crippen LogP contribution in [0.15, 0.2) is 78.9 Å². The first kappa shape index (κ1) is 24.2. The second-order valence-electron chi connectivity index (χ2n) is 8.03. The van der Waals surface area contributed by atoms with E-state index in [1.165, 1.54) is 0 Å². The first-order valence-electron chi connectivity index (χ1n) is 10.7. The van der Waals surface area contributed by atoms with Gasteiger partial charge in [-0.2, -0.15) is 0 Å². The maximum Gasteiger partial charge on any atom is 0.488 e. The van der Waals surface area contributed by atoms with E-state index in [-0.39, 0.29) is 24.3 Å². The van der Waals surface area contributed by atoms with Crippen LogP contribution in [0.2, 0.25) is 0 Å². The molecule has 8 heteroatoms. The van der Waals surface area contributed by atoms with E-state index in [2.05, 4.69) is 10.8 Å². The Bertz CT molecular complexity index is 1050. The molecule has 4 N–H and O–H groups in total. The molecule has 170 valence electrons. The standard InChI is InChI=1S/C25H27BN2O5/c1-17(2)23(19-6-4-3-5-7-19)25(30)27-22-14-10-20(11-15-22)24(29)28-33-16-18-8-12-21(13-9-18)26(31)32/h3-15,17,23,31-32H,16H2,1-2H3,(H,27,30)(H,28,29)/t23-/m0/s1. The lowest BCUT2D eigenvalue weighted by Gasteiger charge is -2.20. The monoisotopic (exact) mass is 446 g/mol. The van der Waals surface area contributed by atoms with E-state index in [0.717, 1.165) is 11.1 Å². The van der Waals surface area contributed by atoms with Gasteiger partial charge in [0.25, 0.3) is 5.91 Å². The van der Waals surface area contributed by atoms with E-state index in [4.69, 9.17) is 14.9 Å². The van der Waals surface area contributed by atoms with Crippen molar-refractivity contribution < 1.29 is 24.5 Å². The molecular weight excluding hydrogens is 419 g/mol. The third-order valence-corrected chi connectivity index (χ3v) is 5.20. The molecule has 7 nitrogen and oxygen atoms in total. The SMILES string of the molecule is CC(C)[C@H](C(=O)Nc1ccc(C(=O)NOCc2ccc(B(O)O)cc2)cc1)c1ccccc1. The fraction of sp³-hybridized carbons (Fsp3) is 0.200. The number of carbonyl (C=O) groups is 2. The average Bonchev–Trinajstić information content (AvgIpc) is 2.80. The number of hydrogen-bond acceptors (Lipinski definition) is 5. The van der Waals surface area contributed by atoms with Crippen LogP contribution >= 0.6 is 0 Å². The molecule has 3 rings (SSSR count). The first-order valence-corrected chi connectivity index (χ1v) is 10.7. The Balaban J connectivity index is 1.53. The van der Waals surface area contributed by atoms with E-state index >= 15 is 0 Å². The van der Waals surface area contributed by atoms with Gasteiger partial charge in [-0.05, 0) is 46.8 Å². The minimum atomic E-state index is -1.53. The molecule has 0 aliphatic rings. The van der Waals surface area contributed by atoms with Crippen molar-refractivity contribution in [3.63, 3.8) is 0 Å². The molecule has 0 bridgehead atoms. The van der Waals surface area contributed by atoms with E-state index in [1.807, 2.05) is 44.2 Å². The lowest BCUT2D eigenvalue weighted by atomic mass is 9.80. The molecule has 0 unspecified atom stereocenters. The third kappa shape index (κ3) is 6.76. The fourth-order valence-electron chi connectivity index (χ4n) is 3.45. The summed E-state index contributed by atoms with van der Waals surface area (Å²) < 4.78 is 0. The summed E-state index contributed by atoms with van der Waals surface area (Å²) in [6, 6.07) is 22.7. The second kappa shape index (κ2) is 11.4. The first-order chi connectivity index (χ1) is 15.8. The number of amides is 2. The summed E-state index contributed by atoms with van der Waals surface area (Å²) in [5, 5.41) is 21.1. The second-order valence-corrected chi connectivity index (χ2v) is 8.03. The van der Waals surface area contributed by atoms with Crippen LogP contribution in [-0.4, -0.2) is 29.0 Å². The van der Waals surface area contributed by atoms with Gasteiger partial charge in [0.1, 0.15) is 0 Å². The number of hydroxylamine groups is 1. The largest absolute Gasteiger partial charge is 0.488 e. The fourth-order valence-corrected chi connectivity index (χ4v) is 3.45.